The molecule has 0 unspecified atom stereocenters. The van der Waals surface area contributed by atoms with Crippen molar-refractivity contribution in [3.8, 4) is 0 Å². The molecule has 0 saturated carbocycles. The highest BCUT2D eigenvalue weighted by Crippen LogP contribution is 2.14. The SMILES string of the molecule is Cc1ccnc(Nc2cc(NCCNS(=O)(=O)c3cn(C)cn3)ncn2)c1. The Labute approximate surface area is 157 Å². The maximum Gasteiger partial charge on any atom is 0.259 e. The van der Waals surface area contributed by atoms with Gasteiger partial charge in [-0.2, -0.15) is 0 Å². The number of pyridine rings is 1. The van der Waals surface area contributed by atoms with Gasteiger partial charge in [0, 0.05) is 38.6 Å². The van der Waals surface area contributed by atoms with Crippen LogP contribution < -0.4 is 15.4 Å². The molecule has 3 aromatic rings. The van der Waals surface area contributed by atoms with E-state index in [2.05, 4.69) is 35.3 Å². The van der Waals surface area contributed by atoms with Crippen LogP contribution in [-0.4, -0.2) is 46.0 Å². The van der Waals surface area contributed by atoms with E-state index in [1.165, 1.54) is 18.9 Å². The third-order valence-corrected chi connectivity index (χ3v) is 4.86. The second-order valence-electron chi connectivity index (χ2n) is 5.83. The minimum absolute atomic E-state index is 0.0100. The number of hydrogen-bond acceptors (Lipinski definition) is 8. The molecule has 3 heterocycles. The highest BCUT2D eigenvalue weighted by molar-refractivity contribution is 7.89. The number of aromatic nitrogens is 5. The third-order valence-electron chi connectivity index (χ3n) is 3.52. The Balaban J connectivity index is 1.53. The largest absolute Gasteiger partial charge is 0.369 e. The predicted molar refractivity (Wildman–Crippen MR) is 101 cm³/mol. The molecule has 3 N–H and O–H groups in total. The Morgan fingerprint density at radius 2 is 1.81 bits per heavy atom. The smallest absolute Gasteiger partial charge is 0.259 e. The zero-order valence-corrected chi connectivity index (χ0v) is 15.7. The van der Waals surface area contributed by atoms with Crippen molar-refractivity contribution in [2.24, 2.45) is 7.05 Å². The number of hydrogen-bond donors (Lipinski definition) is 3. The van der Waals surface area contributed by atoms with Gasteiger partial charge in [-0.15, -0.1) is 0 Å². The van der Waals surface area contributed by atoms with Crippen LogP contribution in [0.1, 0.15) is 5.56 Å². The highest BCUT2D eigenvalue weighted by atomic mass is 32.2. The fourth-order valence-electron chi connectivity index (χ4n) is 2.24. The van der Waals surface area contributed by atoms with Gasteiger partial charge in [0.25, 0.3) is 10.0 Å². The number of rotatable bonds is 8. The quantitative estimate of drug-likeness (QED) is 0.489. The summed E-state index contributed by atoms with van der Waals surface area (Å²) in [5.41, 5.74) is 1.08. The van der Waals surface area contributed by atoms with Gasteiger partial charge in [0.2, 0.25) is 0 Å². The highest BCUT2D eigenvalue weighted by Gasteiger charge is 2.15. The summed E-state index contributed by atoms with van der Waals surface area (Å²) in [6.07, 6.45) is 6.01. The first kappa shape index (κ1) is 18.7. The Morgan fingerprint density at radius 1 is 1.04 bits per heavy atom. The number of anilines is 3. The first-order valence-corrected chi connectivity index (χ1v) is 9.64. The fraction of sp³-hybridized carbons (Fsp3) is 0.250. The first-order valence-electron chi connectivity index (χ1n) is 8.15. The standard InChI is InChI=1S/C16H20N8O2S/c1-12-3-4-17-14(7-12)23-15-8-13(19-10-20-15)18-5-6-22-27(25,26)16-9-24(2)11-21-16/h3-4,7-11,22H,5-6H2,1-2H3,(H2,17,18,19,20,23). The zero-order chi connectivity index (χ0) is 19.3. The van der Waals surface area contributed by atoms with Gasteiger partial charge in [-0.05, 0) is 24.6 Å². The van der Waals surface area contributed by atoms with Crippen LogP contribution >= 0.6 is 0 Å². The van der Waals surface area contributed by atoms with Gasteiger partial charge in [-0.3, -0.25) is 0 Å². The van der Waals surface area contributed by atoms with Crippen LogP contribution in [0.15, 0.2) is 48.3 Å². The van der Waals surface area contributed by atoms with Crippen molar-refractivity contribution in [3.05, 3.63) is 48.8 Å². The van der Waals surface area contributed by atoms with Gasteiger partial charge in [-0.25, -0.2) is 33.1 Å². The number of sulfonamides is 1. The fourth-order valence-corrected chi connectivity index (χ4v) is 3.25. The molecule has 0 aliphatic rings. The molecule has 11 heteroatoms. The maximum atomic E-state index is 12.1. The minimum atomic E-state index is -3.62. The van der Waals surface area contributed by atoms with Crippen molar-refractivity contribution in [1.82, 2.24) is 29.2 Å². The molecule has 3 rings (SSSR count). The third kappa shape index (κ3) is 5.21. The van der Waals surface area contributed by atoms with E-state index in [1.54, 1.807) is 23.9 Å². The first-order chi connectivity index (χ1) is 12.9. The van der Waals surface area contributed by atoms with Crippen LogP contribution in [0.3, 0.4) is 0 Å². The average Bonchev–Trinajstić information content (AvgIpc) is 3.07. The van der Waals surface area contributed by atoms with E-state index in [0.29, 0.717) is 24.0 Å². The molecule has 3 aromatic heterocycles. The van der Waals surface area contributed by atoms with Crippen LogP contribution in [0.5, 0.6) is 0 Å². The van der Waals surface area contributed by atoms with E-state index < -0.39 is 10.0 Å². The molecule has 0 fully saturated rings. The molecule has 0 atom stereocenters. The molecular weight excluding hydrogens is 368 g/mol. The summed E-state index contributed by atoms with van der Waals surface area (Å²) in [7, 11) is -1.91. The van der Waals surface area contributed by atoms with Crippen molar-refractivity contribution in [3.63, 3.8) is 0 Å². The molecule has 10 nitrogen and oxygen atoms in total. The molecule has 0 amide bonds. The number of nitrogens with one attached hydrogen (secondary N) is 3. The zero-order valence-electron chi connectivity index (χ0n) is 14.9. The van der Waals surface area contributed by atoms with Crippen LogP contribution in [0, 0.1) is 6.92 Å². The van der Waals surface area contributed by atoms with Gasteiger partial charge >= 0.3 is 0 Å². The Bertz CT molecular complexity index is 1020. The van der Waals surface area contributed by atoms with Gasteiger partial charge in [0.1, 0.15) is 23.8 Å². The van der Waals surface area contributed by atoms with E-state index in [1.807, 2.05) is 19.1 Å². The summed E-state index contributed by atoms with van der Waals surface area (Å²) in [5.74, 6) is 1.83. The summed E-state index contributed by atoms with van der Waals surface area (Å²) in [6.45, 7) is 2.52. The lowest BCUT2D eigenvalue weighted by atomic mass is 10.3. The van der Waals surface area contributed by atoms with Gasteiger partial charge in [0.15, 0.2) is 5.03 Å². The normalized spacial score (nSPS) is 11.3. The monoisotopic (exact) mass is 388 g/mol. The molecule has 0 spiro atoms. The molecule has 0 aliphatic heterocycles. The molecule has 0 aromatic carbocycles. The summed E-state index contributed by atoms with van der Waals surface area (Å²) < 4.78 is 28.2. The number of nitrogens with zero attached hydrogens (tertiary/aromatic N) is 5. The predicted octanol–water partition coefficient (Wildman–Crippen LogP) is 1.05. The topological polar surface area (TPSA) is 127 Å². The van der Waals surface area contributed by atoms with Crippen LogP contribution in [0.25, 0.3) is 0 Å². The van der Waals surface area contributed by atoms with Crippen molar-refractivity contribution < 1.29 is 8.42 Å². The number of imidazole rings is 1. The second-order valence-corrected chi connectivity index (χ2v) is 7.55. The lowest BCUT2D eigenvalue weighted by Crippen LogP contribution is -2.29. The molecule has 0 aliphatic carbocycles. The number of aryl methyl sites for hydroxylation is 2. The summed E-state index contributed by atoms with van der Waals surface area (Å²) in [4.78, 5) is 16.3. The summed E-state index contributed by atoms with van der Waals surface area (Å²) in [6, 6.07) is 5.53. The van der Waals surface area contributed by atoms with Crippen LogP contribution in [-0.2, 0) is 17.1 Å². The van der Waals surface area contributed by atoms with E-state index in [4.69, 9.17) is 0 Å². The molecule has 27 heavy (non-hydrogen) atoms. The lowest BCUT2D eigenvalue weighted by molar-refractivity contribution is 0.579. The van der Waals surface area contributed by atoms with Crippen molar-refractivity contribution in [2.75, 3.05) is 23.7 Å². The Hall–Kier alpha value is -3.05. The van der Waals surface area contributed by atoms with Crippen molar-refractivity contribution in [2.45, 2.75) is 11.9 Å². The van der Waals surface area contributed by atoms with E-state index in [9.17, 15) is 8.42 Å². The molecule has 0 saturated heterocycles. The van der Waals surface area contributed by atoms with Gasteiger partial charge in [0.05, 0.1) is 6.33 Å². The maximum absolute atomic E-state index is 12.1. The van der Waals surface area contributed by atoms with E-state index in [0.717, 1.165) is 5.56 Å². The van der Waals surface area contributed by atoms with E-state index in [-0.39, 0.29) is 11.6 Å². The summed E-state index contributed by atoms with van der Waals surface area (Å²) in [5, 5.41) is 6.14. The molecule has 0 bridgehead atoms. The Morgan fingerprint density at radius 3 is 2.56 bits per heavy atom. The Kier molecular flexibility index (Phi) is 5.62. The van der Waals surface area contributed by atoms with Crippen LogP contribution in [0.2, 0.25) is 0 Å². The van der Waals surface area contributed by atoms with Crippen molar-refractivity contribution >= 4 is 27.5 Å². The molecular formula is C16H20N8O2S. The molecule has 142 valence electrons. The molecule has 0 radical (unpaired) electrons. The lowest BCUT2D eigenvalue weighted by Gasteiger charge is -2.09. The van der Waals surface area contributed by atoms with Crippen LogP contribution in [0.4, 0.5) is 17.5 Å². The van der Waals surface area contributed by atoms with Gasteiger partial charge in [-0.1, -0.05) is 0 Å². The van der Waals surface area contributed by atoms with Crippen molar-refractivity contribution in [1.29, 1.82) is 0 Å². The minimum Gasteiger partial charge on any atom is -0.369 e. The average molecular weight is 388 g/mol. The summed E-state index contributed by atoms with van der Waals surface area (Å²) >= 11 is 0. The van der Waals surface area contributed by atoms with Gasteiger partial charge < -0.3 is 15.2 Å². The second kappa shape index (κ2) is 8.10. The van der Waals surface area contributed by atoms with E-state index >= 15 is 0 Å².